The van der Waals surface area contributed by atoms with Crippen LogP contribution in [0.3, 0.4) is 0 Å². The van der Waals surface area contributed by atoms with Gasteiger partial charge in [0.05, 0.1) is 0 Å². The zero-order valence-corrected chi connectivity index (χ0v) is 10.5. The van der Waals surface area contributed by atoms with Gasteiger partial charge in [-0.1, -0.05) is 50.1 Å². The molecule has 0 aliphatic carbocycles. The quantitative estimate of drug-likeness (QED) is 0.427. The fraction of sp³-hybridized carbons (Fsp3) is 0.500. The van der Waals surface area contributed by atoms with Crippen molar-refractivity contribution in [1.29, 1.82) is 0 Å². The monoisotopic (exact) mass is 216 g/mol. The molecule has 0 nitrogen and oxygen atoms in total. The lowest BCUT2D eigenvalue weighted by atomic mass is 9.97. The standard InChI is InChI=1S/C16H24/c1-3-5-7-11-15-13-9-10-14-16(15)12-8-6-4-2/h3,9-10,13-14H,1,4-8,11-12H2,2H3. The van der Waals surface area contributed by atoms with E-state index in [0.29, 0.717) is 0 Å². The molecule has 0 N–H and O–H groups in total. The van der Waals surface area contributed by atoms with Crippen molar-refractivity contribution in [1.82, 2.24) is 0 Å². The van der Waals surface area contributed by atoms with E-state index in [0.717, 1.165) is 6.42 Å². The number of aryl methyl sites for hydroxylation is 2. The van der Waals surface area contributed by atoms with E-state index in [-0.39, 0.29) is 0 Å². The molecule has 0 saturated carbocycles. The van der Waals surface area contributed by atoms with Crippen molar-refractivity contribution in [2.24, 2.45) is 0 Å². The fourth-order valence-electron chi connectivity index (χ4n) is 2.05. The van der Waals surface area contributed by atoms with Gasteiger partial charge in [-0.05, 0) is 43.2 Å². The maximum absolute atomic E-state index is 3.77. The van der Waals surface area contributed by atoms with Gasteiger partial charge < -0.3 is 0 Å². The van der Waals surface area contributed by atoms with Crippen LogP contribution in [0.1, 0.15) is 50.2 Å². The van der Waals surface area contributed by atoms with Gasteiger partial charge in [0.25, 0.3) is 0 Å². The van der Waals surface area contributed by atoms with E-state index in [1.165, 1.54) is 38.5 Å². The van der Waals surface area contributed by atoms with E-state index < -0.39 is 0 Å². The highest BCUT2D eigenvalue weighted by molar-refractivity contribution is 5.27. The molecular weight excluding hydrogens is 192 g/mol. The van der Waals surface area contributed by atoms with Gasteiger partial charge in [0.2, 0.25) is 0 Å². The molecule has 0 aliphatic heterocycles. The minimum Gasteiger partial charge on any atom is -0.103 e. The molecule has 0 heterocycles. The summed E-state index contributed by atoms with van der Waals surface area (Å²) < 4.78 is 0. The Bertz CT molecular complexity index is 299. The average Bonchev–Trinajstić information content (AvgIpc) is 2.32. The van der Waals surface area contributed by atoms with Gasteiger partial charge >= 0.3 is 0 Å². The Morgan fingerprint density at radius 3 is 2.19 bits per heavy atom. The SMILES string of the molecule is C=CCCCc1ccccc1CCCCC. The predicted molar refractivity (Wildman–Crippen MR) is 72.8 cm³/mol. The minimum absolute atomic E-state index is 1.13. The Labute approximate surface area is 100 Å². The Morgan fingerprint density at radius 1 is 1.00 bits per heavy atom. The Hall–Kier alpha value is -1.04. The van der Waals surface area contributed by atoms with Crippen LogP contribution in [-0.4, -0.2) is 0 Å². The van der Waals surface area contributed by atoms with Crippen LogP contribution in [0.2, 0.25) is 0 Å². The first-order chi connectivity index (χ1) is 7.88. The molecule has 88 valence electrons. The summed E-state index contributed by atoms with van der Waals surface area (Å²) in [4.78, 5) is 0. The van der Waals surface area contributed by atoms with E-state index in [4.69, 9.17) is 0 Å². The molecule has 0 fully saturated rings. The summed E-state index contributed by atoms with van der Waals surface area (Å²) in [6.07, 6.45) is 10.8. The van der Waals surface area contributed by atoms with Crippen LogP contribution >= 0.6 is 0 Å². The van der Waals surface area contributed by atoms with Gasteiger partial charge in [-0.25, -0.2) is 0 Å². The smallest absolute Gasteiger partial charge is 0.0273 e. The van der Waals surface area contributed by atoms with Crippen molar-refractivity contribution < 1.29 is 0 Å². The zero-order chi connectivity index (χ0) is 11.6. The Morgan fingerprint density at radius 2 is 1.62 bits per heavy atom. The van der Waals surface area contributed by atoms with E-state index in [2.05, 4.69) is 37.8 Å². The van der Waals surface area contributed by atoms with E-state index >= 15 is 0 Å². The molecule has 0 unspecified atom stereocenters. The molecule has 1 rings (SSSR count). The highest BCUT2D eigenvalue weighted by Gasteiger charge is 2.00. The Balaban J connectivity index is 2.49. The third-order valence-electron chi connectivity index (χ3n) is 3.02. The number of rotatable bonds is 8. The summed E-state index contributed by atoms with van der Waals surface area (Å²) in [7, 11) is 0. The van der Waals surface area contributed by atoms with Gasteiger partial charge in [-0.3, -0.25) is 0 Å². The lowest BCUT2D eigenvalue weighted by Crippen LogP contribution is -1.94. The number of allylic oxidation sites excluding steroid dienone is 1. The summed E-state index contributed by atoms with van der Waals surface area (Å²) in [5.41, 5.74) is 3.10. The van der Waals surface area contributed by atoms with Crippen molar-refractivity contribution in [3.8, 4) is 0 Å². The van der Waals surface area contributed by atoms with Crippen LogP contribution in [0, 0.1) is 0 Å². The third kappa shape index (κ3) is 4.65. The maximum Gasteiger partial charge on any atom is -0.0273 e. The summed E-state index contributed by atoms with van der Waals surface area (Å²) in [6.45, 7) is 6.03. The summed E-state index contributed by atoms with van der Waals surface area (Å²) in [6, 6.07) is 8.90. The van der Waals surface area contributed by atoms with Gasteiger partial charge in [-0.15, -0.1) is 6.58 Å². The molecule has 0 atom stereocenters. The minimum atomic E-state index is 1.13. The normalized spacial score (nSPS) is 10.3. The van der Waals surface area contributed by atoms with Gasteiger partial charge in [0, 0.05) is 0 Å². The molecule has 0 aliphatic rings. The van der Waals surface area contributed by atoms with Crippen molar-refractivity contribution in [2.75, 3.05) is 0 Å². The van der Waals surface area contributed by atoms with Gasteiger partial charge in [0.1, 0.15) is 0 Å². The van der Waals surface area contributed by atoms with E-state index in [1.54, 1.807) is 11.1 Å². The van der Waals surface area contributed by atoms with Crippen molar-refractivity contribution in [3.63, 3.8) is 0 Å². The molecule has 1 aromatic rings. The molecular formula is C16H24. The zero-order valence-electron chi connectivity index (χ0n) is 10.5. The molecule has 1 aromatic carbocycles. The highest BCUT2D eigenvalue weighted by atomic mass is 14.1. The van der Waals surface area contributed by atoms with Crippen LogP contribution in [0.5, 0.6) is 0 Å². The summed E-state index contributed by atoms with van der Waals surface area (Å²) in [5, 5.41) is 0. The lowest BCUT2D eigenvalue weighted by molar-refractivity contribution is 0.710. The van der Waals surface area contributed by atoms with Crippen LogP contribution in [0.15, 0.2) is 36.9 Å². The van der Waals surface area contributed by atoms with Gasteiger partial charge in [0.15, 0.2) is 0 Å². The molecule has 0 amide bonds. The first kappa shape index (κ1) is 13.0. The fourth-order valence-corrected chi connectivity index (χ4v) is 2.05. The first-order valence-corrected chi connectivity index (χ1v) is 6.56. The lowest BCUT2D eigenvalue weighted by Gasteiger charge is -2.08. The van der Waals surface area contributed by atoms with Crippen LogP contribution in [-0.2, 0) is 12.8 Å². The molecule has 0 saturated heterocycles. The average molecular weight is 216 g/mol. The second-order valence-corrected chi connectivity index (χ2v) is 4.41. The summed E-state index contributed by atoms with van der Waals surface area (Å²) in [5.74, 6) is 0. The van der Waals surface area contributed by atoms with Crippen molar-refractivity contribution >= 4 is 0 Å². The largest absolute Gasteiger partial charge is 0.103 e. The van der Waals surface area contributed by atoms with Crippen LogP contribution in [0.25, 0.3) is 0 Å². The molecule has 0 spiro atoms. The first-order valence-electron chi connectivity index (χ1n) is 6.56. The second-order valence-electron chi connectivity index (χ2n) is 4.41. The van der Waals surface area contributed by atoms with Crippen LogP contribution < -0.4 is 0 Å². The van der Waals surface area contributed by atoms with Gasteiger partial charge in [-0.2, -0.15) is 0 Å². The number of benzene rings is 1. The molecule has 0 bridgehead atoms. The Kier molecular flexibility index (Phi) is 6.64. The van der Waals surface area contributed by atoms with Crippen LogP contribution in [0.4, 0.5) is 0 Å². The van der Waals surface area contributed by atoms with Crippen molar-refractivity contribution in [2.45, 2.75) is 51.9 Å². The third-order valence-corrected chi connectivity index (χ3v) is 3.02. The number of hydrogen-bond donors (Lipinski definition) is 0. The predicted octanol–water partition coefficient (Wildman–Crippen LogP) is 4.93. The maximum atomic E-state index is 3.77. The molecule has 16 heavy (non-hydrogen) atoms. The molecule has 0 radical (unpaired) electrons. The van der Waals surface area contributed by atoms with E-state index in [9.17, 15) is 0 Å². The highest BCUT2D eigenvalue weighted by Crippen LogP contribution is 2.15. The second kappa shape index (κ2) is 8.15. The van der Waals surface area contributed by atoms with Crippen molar-refractivity contribution in [3.05, 3.63) is 48.0 Å². The summed E-state index contributed by atoms with van der Waals surface area (Å²) >= 11 is 0. The molecule has 0 aromatic heterocycles. The number of unbranched alkanes of at least 4 members (excludes halogenated alkanes) is 3. The topological polar surface area (TPSA) is 0 Å². The van der Waals surface area contributed by atoms with E-state index in [1.807, 2.05) is 6.08 Å². The molecule has 0 heteroatoms. The number of hydrogen-bond acceptors (Lipinski definition) is 0.